The number of aromatic nitrogens is 2. The number of oxime groups is 1. The standard InChI is InChI=1S/C26H26ClFN4O3/c1-16-14-31(15-29-16)23-8-6-19(12-24(23)34-3)22-13-26(35-30-22)9-4-10-32(25(26)33)17(2)18-5-7-20(27)21(28)11-18/h5-8,11-12,14-15,17H,4,9-10,13H2,1-3H3. The third-order valence-corrected chi connectivity index (χ3v) is 7.12. The first-order valence-electron chi connectivity index (χ1n) is 11.5. The maximum atomic E-state index is 14.0. The van der Waals surface area contributed by atoms with Gasteiger partial charge in [0.25, 0.3) is 5.91 Å². The van der Waals surface area contributed by atoms with E-state index < -0.39 is 11.4 Å². The Bertz CT molecular complexity index is 1320. The number of ether oxygens (including phenoxy) is 1. The highest BCUT2D eigenvalue weighted by Gasteiger charge is 2.51. The normalized spacial score (nSPS) is 20.7. The van der Waals surface area contributed by atoms with E-state index in [1.807, 2.05) is 42.8 Å². The van der Waals surface area contributed by atoms with Crippen LogP contribution in [0.5, 0.6) is 5.75 Å². The number of amides is 1. The molecule has 0 saturated carbocycles. The summed E-state index contributed by atoms with van der Waals surface area (Å²) in [7, 11) is 1.62. The van der Waals surface area contributed by atoms with Crippen LogP contribution in [0.15, 0.2) is 54.1 Å². The number of rotatable bonds is 5. The fourth-order valence-electron chi connectivity index (χ4n) is 4.83. The third kappa shape index (κ3) is 4.16. The lowest BCUT2D eigenvalue weighted by atomic mass is 9.84. The molecule has 182 valence electrons. The van der Waals surface area contributed by atoms with Crippen molar-refractivity contribution in [1.29, 1.82) is 0 Å². The van der Waals surface area contributed by atoms with Crippen LogP contribution in [-0.2, 0) is 9.63 Å². The number of carbonyl (C=O) groups is 1. The van der Waals surface area contributed by atoms with Gasteiger partial charge in [-0.25, -0.2) is 9.37 Å². The Morgan fingerprint density at radius 1 is 1.26 bits per heavy atom. The fraction of sp³-hybridized carbons (Fsp3) is 0.346. The molecule has 5 rings (SSSR count). The molecule has 7 nitrogen and oxygen atoms in total. The lowest BCUT2D eigenvalue weighted by Crippen LogP contribution is -2.54. The van der Waals surface area contributed by atoms with Gasteiger partial charge < -0.3 is 19.0 Å². The number of halogens is 2. The maximum Gasteiger partial charge on any atom is 0.270 e. The number of methoxy groups -OCH3 is 1. The summed E-state index contributed by atoms with van der Waals surface area (Å²) in [5, 5.41) is 4.38. The third-order valence-electron chi connectivity index (χ3n) is 6.81. The largest absolute Gasteiger partial charge is 0.495 e. The van der Waals surface area contributed by atoms with E-state index in [9.17, 15) is 9.18 Å². The first-order valence-corrected chi connectivity index (χ1v) is 11.9. The van der Waals surface area contributed by atoms with Crippen LogP contribution in [-0.4, -0.2) is 45.3 Å². The number of aryl methyl sites for hydroxylation is 1. The lowest BCUT2D eigenvalue weighted by molar-refractivity contribution is -0.164. The average molecular weight is 497 g/mol. The molecule has 2 aliphatic rings. The molecule has 2 unspecified atom stereocenters. The second-order valence-electron chi connectivity index (χ2n) is 9.06. The molecule has 35 heavy (non-hydrogen) atoms. The van der Waals surface area contributed by atoms with E-state index in [0.717, 1.165) is 23.4 Å². The minimum Gasteiger partial charge on any atom is -0.495 e. The van der Waals surface area contributed by atoms with E-state index in [4.69, 9.17) is 21.2 Å². The van der Waals surface area contributed by atoms with Crippen LogP contribution in [0.2, 0.25) is 5.02 Å². The number of carbonyl (C=O) groups excluding carboxylic acids is 1. The van der Waals surface area contributed by atoms with Crippen LogP contribution in [0.3, 0.4) is 0 Å². The van der Waals surface area contributed by atoms with E-state index in [0.29, 0.717) is 36.4 Å². The Kier molecular flexibility index (Phi) is 6.01. The lowest BCUT2D eigenvalue weighted by Gasteiger charge is -2.40. The molecule has 0 bridgehead atoms. The van der Waals surface area contributed by atoms with Crippen LogP contribution < -0.4 is 4.74 Å². The highest BCUT2D eigenvalue weighted by molar-refractivity contribution is 6.30. The summed E-state index contributed by atoms with van der Waals surface area (Å²) in [5.74, 6) is 0.0301. The van der Waals surface area contributed by atoms with Gasteiger partial charge in [-0.15, -0.1) is 0 Å². The van der Waals surface area contributed by atoms with Crippen molar-refractivity contribution in [3.8, 4) is 11.4 Å². The van der Waals surface area contributed by atoms with Gasteiger partial charge in [0, 0.05) is 31.1 Å². The number of benzene rings is 2. The van der Waals surface area contributed by atoms with Gasteiger partial charge in [0.1, 0.15) is 11.6 Å². The molecule has 2 aliphatic heterocycles. The first kappa shape index (κ1) is 23.4. The SMILES string of the molecule is COc1cc(C2=NOC3(CCCN(C(C)c4ccc(Cl)c(F)c4)C3=O)C2)ccc1-n1cnc(C)c1. The number of hydrogen-bond acceptors (Lipinski definition) is 5. The number of imidazole rings is 1. The molecule has 0 radical (unpaired) electrons. The average Bonchev–Trinajstić information content (AvgIpc) is 3.49. The highest BCUT2D eigenvalue weighted by Crippen LogP contribution is 2.40. The highest BCUT2D eigenvalue weighted by atomic mass is 35.5. The zero-order valence-electron chi connectivity index (χ0n) is 19.8. The Morgan fingerprint density at radius 2 is 2.09 bits per heavy atom. The molecule has 1 aromatic heterocycles. The fourth-order valence-corrected chi connectivity index (χ4v) is 4.95. The van der Waals surface area contributed by atoms with Crippen molar-refractivity contribution in [2.45, 2.75) is 44.8 Å². The van der Waals surface area contributed by atoms with Crippen molar-refractivity contribution < 1.29 is 18.8 Å². The van der Waals surface area contributed by atoms with E-state index in [1.165, 1.54) is 12.1 Å². The second kappa shape index (κ2) is 9.00. The minimum absolute atomic E-state index is 0.0594. The summed E-state index contributed by atoms with van der Waals surface area (Å²) in [5.41, 5.74) is 2.92. The van der Waals surface area contributed by atoms with Gasteiger partial charge in [0.05, 0.1) is 41.6 Å². The Morgan fingerprint density at radius 3 is 2.80 bits per heavy atom. The van der Waals surface area contributed by atoms with Gasteiger partial charge in [-0.3, -0.25) is 4.79 Å². The molecule has 9 heteroatoms. The molecule has 1 amide bonds. The molecule has 1 saturated heterocycles. The Hall–Kier alpha value is -3.39. The van der Waals surface area contributed by atoms with Gasteiger partial charge >= 0.3 is 0 Å². The summed E-state index contributed by atoms with van der Waals surface area (Å²) < 4.78 is 21.6. The van der Waals surface area contributed by atoms with Crippen molar-refractivity contribution in [3.05, 3.63) is 76.6 Å². The molecular weight excluding hydrogens is 471 g/mol. The summed E-state index contributed by atoms with van der Waals surface area (Å²) in [4.78, 5) is 25.5. The van der Waals surface area contributed by atoms with Crippen molar-refractivity contribution in [1.82, 2.24) is 14.5 Å². The quantitative estimate of drug-likeness (QED) is 0.485. The number of piperidine rings is 1. The Balaban J connectivity index is 1.37. The summed E-state index contributed by atoms with van der Waals surface area (Å²) in [6.45, 7) is 4.38. The molecule has 3 aromatic rings. The molecular formula is C26H26ClFN4O3. The number of likely N-dealkylation sites (tertiary alicyclic amines) is 1. The van der Waals surface area contributed by atoms with Crippen LogP contribution in [0.1, 0.15) is 49.0 Å². The molecule has 2 aromatic carbocycles. The predicted molar refractivity (Wildman–Crippen MR) is 131 cm³/mol. The molecule has 0 N–H and O–H groups in total. The van der Waals surface area contributed by atoms with Crippen molar-refractivity contribution >= 4 is 23.2 Å². The molecule has 1 spiro atoms. The molecule has 2 atom stereocenters. The van der Waals surface area contributed by atoms with E-state index in [-0.39, 0.29) is 17.0 Å². The topological polar surface area (TPSA) is 69.0 Å². The zero-order chi connectivity index (χ0) is 24.7. The smallest absolute Gasteiger partial charge is 0.270 e. The second-order valence-corrected chi connectivity index (χ2v) is 9.47. The first-order chi connectivity index (χ1) is 16.8. The summed E-state index contributed by atoms with van der Waals surface area (Å²) in [6, 6.07) is 10.1. The van der Waals surface area contributed by atoms with Crippen LogP contribution >= 0.6 is 11.6 Å². The van der Waals surface area contributed by atoms with E-state index >= 15 is 0 Å². The van der Waals surface area contributed by atoms with E-state index in [1.54, 1.807) is 24.4 Å². The monoisotopic (exact) mass is 496 g/mol. The van der Waals surface area contributed by atoms with Crippen LogP contribution in [0.25, 0.3) is 5.69 Å². The molecule has 3 heterocycles. The predicted octanol–water partition coefficient (Wildman–Crippen LogP) is 5.23. The maximum absolute atomic E-state index is 14.0. The van der Waals surface area contributed by atoms with Crippen LogP contribution in [0, 0.1) is 12.7 Å². The molecule has 0 aliphatic carbocycles. The van der Waals surface area contributed by atoms with Gasteiger partial charge in [-0.05, 0) is 50.1 Å². The minimum atomic E-state index is -1.06. The van der Waals surface area contributed by atoms with Gasteiger partial charge in [0.2, 0.25) is 5.60 Å². The van der Waals surface area contributed by atoms with E-state index in [2.05, 4.69) is 10.1 Å². The summed E-state index contributed by atoms with van der Waals surface area (Å²) in [6.07, 6.45) is 5.35. The zero-order valence-corrected chi connectivity index (χ0v) is 20.6. The van der Waals surface area contributed by atoms with Crippen molar-refractivity contribution in [3.63, 3.8) is 0 Å². The van der Waals surface area contributed by atoms with Gasteiger partial charge in [-0.2, -0.15) is 0 Å². The summed E-state index contributed by atoms with van der Waals surface area (Å²) >= 11 is 5.84. The van der Waals surface area contributed by atoms with Crippen molar-refractivity contribution in [2.24, 2.45) is 5.16 Å². The Labute approximate surface area is 208 Å². The van der Waals surface area contributed by atoms with Crippen LogP contribution in [0.4, 0.5) is 4.39 Å². The number of hydrogen-bond donors (Lipinski definition) is 0. The molecule has 1 fully saturated rings. The number of nitrogens with zero attached hydrogens (tertiary/aromatic N) is 4. The van der Waals surface area contributed by atoms with Crippen molar-refractivity contribution in [2.75, 3.05) is 13.7 Å². The van der Waals surface area contributed by atoms with Gasteiger partial charge in [0.15, 0.2) is 0 Å². The van der Waals surface area contributed by atoms with Gasteiger partial charge in [-0.1, -0.05) is 28.9 Å².